The zero-order chi connectivity index (χ0) is 16.9. The zero-order valence-corrected chi connectivity index (χ0v) is 14.7. The van der Waals surface area contributed by atoms with Crippen LogP contribution >= 0.6 is 0 Å². The number of likely N-dealkylation sites (tertiary alicyclic amines) is 1. The minimum atomic E-state index is 0.255. The van der Waals surface area contributed by atoms with E-state index < -0.39 is 0 Å². The third-order valence-corrected chi connectivity index (χ3v) is 4.93. The third kappa shape index (κ3) is 4.55. The number of aromatic nitrogens is 1. The van der Waals surface area contributed by atoms with E-state index in [0.717, 1.165) is 57.3 Å². The van der Waals surface area contributed by atoms with Gasteiger partial charge in [0.2, 0.25) is 11.8 Å². The number of morpholine rings is 1. The van der Waals surface area contributed by atoms with E-state index >= 15 is 0 Å². The van der Waals surface area contributed by atoms with Gasteiger partial charge in [-0.2, -0.15) is 0 Å². The van der Waals surface area contributed by atoms with Gasteiger partial charge in [0.05, 0.1) is 26.0 Å². The van der Waals surface area contributed by atoms with Crippen molar-refractivity contribution >= 4 is 5.91 Å². The van der Waals surface area contributed by atoms with E-state index in [9.17, 15) is 4.79 Å². The van der Waals surface area contributed by atoms with Crippen LogP contribution in [-0.4, -0.2) is 84.6 Å². The van der Waals surface area contributed by atoms with Gasteiger partial charge >= 0.3 is 0 Å². The summed E-state index contributed by atoms with van der Waals surface area (Å²) in [5, 5.41) is 0. The second-order valence-corrected chi connectivity index (χ2v) is 6.77. The number of hydrogen-bond donors (Lipinski definition) is 0. The van der Waals surface area contributed by atoms with Crippen molar-refractivity contribution in [3.8, 4) is 0 Å². The first kappa shape index (κ1) is 17.4. The largest absolute Gasteiger partial charge is 0.445 e. The molecule has 0 N–H and O–H groups in total. The molecule has 134 valence electrons. The highest BCUT2D eigenvalue weighted by Crippen LogP contribution is 2.17. The first-order chi connectivity index (χ1) is 11.6. The maximum absolute atomic E-state index is 12.2. The number of amides is 1. The molecule has 1 atom stereocenters. The number of hydrogen-bond acceptors (Lipinski definition) is 6. The van der Waals surface area contributed by atoms with Crippen molar-refractivity contribution in [2.24, 2.45) is 0 Å². The van der Waals surface area contributed by atoms with Crippen molar-refractivity contribution in [2.45, 2.75) is 32.4 Å². The molecule has 0 aliphatic carbocycles. The van der Waals surface area contributed by atoms with E-state index in [0.29, 0.717) is 25.7 Å². The summed E-state index contributed by atoms with van der Waals surface area (Å²) >= 11 is 0. The molecule has 0 aromatic carbocycles. The molecule has 2 aliphatic rings. The summed E-state index contributed by atoms with van der Waals surface area (Å²) in [7, 11) is 2.12. The summed E-state index contributed by atoms with van der Waals surface area (Å²) in [6.07, 6.45) is 3.50. The van der Waals surface area contributed by atoms with Crippen molar-refractivity contribution in [3.63, 3.8) is 0 Å². The molecule has 2 aliphatic heterocycles. The SMILES string of the molecule is Cc1cnc(CN(C)[C@@H]2CCN(CCC(=O)N3CCOCC3)C2)o1. The van der Waals surface area contributed by atoms with Gasteiger partial charge in [-0.25, -0.2) is 4.98 Å². The molecule has 0 saturated carbocycles. The minimum absolute atomic E-state index is 0.255. The molecule has 2 saturated heterocycles. The summed E-state index contributed by atoms with van der Waals surface area (Å²) < 4.78 is 10.9. The summed E-state index contributed by atoms with van der Waals surface area (Å²) in [5.41, 5.74) is 0. The molecule has 0 unspecified atom stereocenters. The molecular weight excluding hydrogens is 308 g/mol. The molecule has 2 fully saturated rings. The number of ether oxygens (including phenoxy) is 1. The monoisotopic (exact) mass is 336 g/mol. The van der Waals surface area contributed by atoms with E-state index in [-0.39, 0.29) is 5.91 Å². The fourth-order valence-corrected chi connectivity index (χ4v) is 3.42. The molecule has 0 radical (unpaired) electrons. The molecule has 1 aromatic heterocycles. The van der Waals surface area contributed by atoms with Gasteiger partial charge in [0, 0.05) is 38.6 Å². The second-order valence-electron chi connectivity index (χ2n) is 6.77. The van der Waals surface area contributed by atoms with Crippen molar-refractivity contribution in [1.82, 2.24) is 19.7 Å². The lowest BCUT2D eigenvalue weighted by Gasteiger charge is -2.28. The van der Waals surface area contributed by atoms with E-state index in [4.69, 9.17) is 9.15 Å². The molecule has 1 amide bonds. The normalized spacial score (nSPS) is 22.5. The second kappa shape index (κ2) is 8.09. The van der Waals surface area contributed by atoms with Crippen LogP contribution in [0.15, 0.2) is 10.6 Å². The van der Waals surface area contributed by atoms with Crippen molar-refractivity contribution in [2.75, 3.05) is 53.0 Å². The minimum Gasteiger partial charge on any atom is -0.445 e. The van der Waals surface area contributed by atoms with Crippen LogP contribution in [0.1, 0.15) is 24.5 Å². The number of nitrogens with zero attached hydrogens (tertiary/aromatic N) is 4. The van der Waals surface area contributed by atoms with Gasteiger partial charge in [-0.15, -0.1) is 0 Å². The maximum atomic E-state index is 12.2. The average molecular weight is 336 g/mol. The van der Waals surface area contributed by atoms with Gasteiger partial charge in [0.1, 0.15) is 5.76 Å². The van der Waals surface area contributed by atoms with Crippen LogP contribution in [0.4, 0.5) is 0 Å². The van der Waals surface area contributed by atoms with E-state index in [2.05, 4.69) is 21.8 Å². The van der Waals surface area contributed by atoms with Crippen molar-refractivity contribution in [1.29, 1.82) is 0 Å². The number of carbonyl (C=O) groups excluding carboxylic acids is 1. The smallest absolute Gasteiger partial charge is 0.224 e. The third-order valence-electron chi connectivity index (χ3n) is 4.93. The van der Waals surface area contributed by atoms with Gasteiger partial charge in [-0.3, -0.25) is 9.69 Å². The number of carbonyl (C=O) groups is 1. The van der Waals surface area contributed by atoms with E-state index in [1.165, 1.54) is 0 Å². The highest BCUT2D eigenvalue weighted by Gasteiger charge is 2.27. The Kier molecular flexibility index (Phi) is 5.86. The van der Waals surface area contributed by atoms with Crippen molar-refractivity contribution in [3.05, 3.63) is 17.8 Å². The summed E-state index contributed by atoms with van der Waals surface area (Å²) in [6.45, 7) is 8.37. The standard InChI is InChI=1S/C17H28N4O3/c1-14-11-18-16(24-14)13-19(2)15-3-5-20(12-15)6-4-17(22)21-7-9-23-10-8-21/h11,15H,3-10,12-13H2,1-2H3/t15-/m1/s1. The Balaban J connectivity index is 1.39. The average Bonchev–Trinajstić information content (AvgIpc) is 3.22. The molecule has 24 heavy (non-hydrogen) atoms. The number of oxazole rings is 1. The van der Waals surface area contributed by atoms with Gasteiger partial charge in [0.15, 0.2) is 0 Å². The molecule has 1 aromatic rings. The first-order valence-electron chi connectivity index (χ1n) is 8.81. The highest BCUT2D eigenvalue weighted by molar-refractivity contribution is 5.76. The number of rotatable bonds is 6. The quantitative estimate of drug-likeness (QED) is 0.763. The van der Waals surface area contributed by atoms with Crippen LogP contribution in [0.25, 0.3) is 0 Å². The van der Waals surface area contributed by atoms with Crippen LogP contribution in [0, 0.1) is 6.92 Å². The molecule has 3 rings (SSSR count). The fourth-order valence-electron chi connectivity index (χ4n) is 3.42. The Bertz CT molecular complexity index is 542. The molecule has 7 heteroatoms. The number of likely N-dealkylation sites (N-methyl/N-ethyl adjacent to an activating group) is 1. The topological polar surface area (TPSA) is 62.1 Å². The van der Waals surface area contributed by atoms with Gasteiger partial charge in [-0.1, -0.05) is 0 Å². The summed E-state index contributed by atoms with van der Waals surface area (Å²) in [6, 6.07) is 0.496. The number of aryl methyl sites for hydroxylation is 1. The van der Waals surface area contributed by atoms with Crippen LogP contribution in [0.5, 0.6) is 0 Å². The molecule has 0 bridgehead atoms. The van der Waals surface area contributed by atoms with Gasteiger partial charge in [-0.05, 0) is 26.9 Å². The van der Waals surface area contributed by atoms with E-state index in [1.54, 1.807) is 6.20 Å². The lowest BCUT2D eigenvalue weighted by molar-refractivity contribution is -0.135. The Labute approximate surface area is 143 Å². The Hall–Kier alpha value is -1.44. The molecule has 7 nitrogen and oxygen atoms in total. The van der Waals surface area contributed by atoms with E-state index in [1.807, 2.05) is 11.8 Å². The first-order valence-corrected chi connectivity index (χ1v) is 8.81. The van der Waals surface area contributed by atoms with Crippen LogP contribution in [-0.2, 0) is 16.1 Å². The van der Waals surface area contributed by atoms with Gasteiger partial charge in [0.25, 0.3) is 0 Å². The van der Waals surface area contributed by atoms with Gasteiger partial charge < -0.3 is 19.0 Å². The molecular formula is C17H28N4O3. The Morgan fingerprint density at radius 2 is 2.17 bits per heavy atom. The van der Waals surface area contributed by atoms with Crippen LogP contribution in [0.2, 0.25) is 0 Å². The predicted molar refractivity (Wildman–Crippen MR) is 89.6 cm³/mol. The zero-order valence-electron chi connectivity index (χ0n) is 14.7. The lowest BCUT2D eigenvalue weighted by atomic mass is 10.2. The van der Waals surface area contributed by atoms with Crippen LogP contribution in [0.3, 0.4) is 0 Å². The molecule has 3 heterocycles. The summed E-state index contributed by atoms with van der Waals surface area (Å²) in [5.74, 6) is 1.88. The van der Waals surface area contributed by atoms with Crippen molar-refractivity contribution < 1.29 is 13.9 Å². The predicted octanol–water partition coefficient (Wildman–Crippen LogP) is 0.738. The lowest BCUT2D eigenvalue weighted by Crippen LogP contribution is -2.42. The fraction of sp³-hybridized carbons (Fsp3) is 0.765. The van der Waals surface area contributed by atoms with Crippen LogP contribution < -0.4 is 0 Å². The maximum Gasteiger partial charge on any atom is 0.224 e. The molecule has 0 spiro atoms. The Morgan fingerprint density at radius 1 is 1.38 bits per heavy atom. The summed E-state index contributed by atoms with van der Waals surface area (Å²) in [4.78, 5) is 23.1. The highest BCUT2D eigenvalue weighted by atomic mass is 16.5. The Morgan fingerprint density at radius 3 is 2.88 bits per heavy atom.